The lowest BCUT2D eigenvalue weighted by molar-refractivity contribution is 0.0690. The van der Waals surface area contributed by atoms with E-state index in [0.717, 1.165) is 19.4 Å². The maximum atomic E-state index is 11.0. The minimum Gasteiger partial charge on any atom is -0.476 e. The van der Waals surface area contributed by atoms with E-state index >= 15 is 0 Å². The molecule has 2 aromatic rings. The number of rotatable bonds is 5. The third-order valence-corrected chi connectivity index (χ3v) is 3.89. The summed E-state index contributed by atoms with van der Waals surface area (Å²) in [5.74, 6) is -0.392. The van der Waals surface area contributed by atoms with Crippen molar-refractivity contribution in [3.05, 3.63) is 40.5 Å². The zero-order valence-corrected chi connectivity index (χ0v) is 11.0. The number of nitrogens with zero attached hydrogens (tertiary/aromatic N) is 3. The van der Waals surface area contributed by atoms with Gasteiger partial charge in [-0.1, -0.05) is 6.07 Å². The van der Waals surface area contributed by atoms with Crippen LogP contribution < -0.4 is 4.90 Å². The van der Waals surface area contributed by atoms with Gasteiger partial charge in [0.25, 0.3) is 0 Å². The summed E-state index contributed by atoms with van der Waals surface area (Å²) >= 11 is 1.70. The first kappa shape index (κ1) is 12.1. The molecule has 2 heterocycles. The monoisotopic (exact) mass is 275 g/mol. The Bertz CT molecular complexity index is 581. The maximum Gasteiger partial charge on any atom is 0.356 e. The van der Waals surface area contributed by atoms with E-state index in [2.05, 4.69) is 20.9 Å². The fourth-order valence-electron chi connectivity index (χ4n) is 1.95. The highest BCUT2D eigenvalue weighted by Gasteiger charge is 2.30. The smallest absolute Gasteiger partial charge is 0.356 e. The highest BCUT2D eigenvalue weighted by Crippen LogP contribution is 2.32. The minimum absolute atomic E-state index is 0.00525. The van der Waals surface area contributed by atoms with Gasteiger partial charge >= 0.3 is 5.97 Å². The molecule has 3 rings (SSSR count). The van der Waals surface area contributed by atoms with Crippen LogP contribution in [0.25, 0.3) is 0 Å². The number of thiophene rings is 1. The van der Waals surface area contributed by atoms with Crippen molar-refractivity contribution in [3.63, 3.8) is 0 Å². The fourth-order valence-corrected chi connectivity index (χ4v) is 2.65. The number of carboxylic acid groups (broad SMARTS) is 1. The zero-order chi connectivity index (χ0) is 13.2. The normalized spacial score (nSPS) is 14.3. The number of anilines is 1. The molecule has 1 aliphatic rings. The van der Waals surface area contributed by atoms with E-state index in [0.29, 0.717) is 11.9 Å². The zero-order valence-electron chi connectivity index (χ0n) is 10.2. The molecule has 1 saturated carbocycles. The first-order chi connectivity index (χ1) is 9.24. The number of hydrogen-bond acceptors (Lipinski definition) is 5. The Morgan fingerprint density at radius 2 is 2.32 bits per heavy atom. The van der Waals surface area contributed by atoms with Gasteiger partial charge in [0.15, 0.2) is 5.69 Å². The maximum absolute atomic E-state index is 11.0. The predicted molar refractivity (Wildman–Crippen MR) is 72.5 cm³/mol. The van der Waals surface area contributed by atoms with Crippen molar-refractivity contribution < 1.29 is 9.90 Å². The summed E-state index contributed by atoms with van der Waals surface area (Å²) in [6.45, 7) is 0.764. The summed E-state index contributed by atoms with van der Waals surface area (Å²) in [5.41, 5.74) is -0.00525. The van der Waals surface area contributed by atoms with Gasteiger partial charge in [-0.2, -0.15) is 0 Å². The van der Waals surface area contributed by atoms with Crippen LogP contribution in [-0.4, -0.2) is 27.1 Å². The third kappa shape index (κ3) is 2.73. The van der Waals surface area contributed by atoms with Gasteiger partial charge in [-0.05, 0) is 24.3 Å². The number of hydrogen-bond donors (Lipinski definition) is 1. The Labute approximate surface area is 114 Å². The van der Waals surface area contributed by atoms with Crippen LogP contribution in [0.3, 0.4) is 0 Å². The van der Waals surface area contributed by atoms with Crippen molar-refractivity contribution >= 4 is 23.1 Å². The molecule has 0 radical (unpaired) electrons. The Morgan fingerprint density at radius 1 is 1.47 bits per heavy atom. The van der Waals surface area contributed by atoms with E-state index < -0.39 is 5.97 Å². The molecular formula is C13H13N3O2S. The quantitative estimate of drug-likeness (QED) is 0.907. The molecule has 0 saturated heterocycles. The third-order valence-electron chi connectivity index (χ3n) is 3.03. The molecule has 1 aliphatic carbocycles. The molecule has 6 heteroatoms. The highest BCUT2D eigenvalue weighted by atomic mass is 32.1. The molecule has 1 fully saturated rings. The van der Waals surface area contributed by atoms with Gasteiger partial charge < -0.3 is 10.0 Å². The van der Waals surface area contributed by atoms with Crippen LogP contribution in [0.15, 0.2) is 29.9 Å². The van der Waals surface area contributed by atoms with E-state index in [4.69, 9.17) is 5.11 Å². The van der Waals surface area contributed by atoms with Crippen LogP contribution in [0, 0.1) is 0 Å². The van der Waals surface area contributed by atoms with Crippen LogP contribution >= 0.6 is 11.3 Å². The first-order valence-electron chi connectivity index (χ1n) is 6.08. The van der Waals surface area contributed by atoms with E-state index in [1.807, 2.05) is 11.4 Å². The van der Waals surface area contributed by atoms with Crippen molar-refractivity contribution in [2.75, 3.05) is 4.90 Å². The van der Waals surface area contributed by atoms with Crippen molar-refractivity contribution in [3.8, 4) is 0 Å². The van der Waals surface area contributed by atoms with E-state index in [1.165, 1.54) is 11.1 Å². The van der Waals surface area contributed by atoms with Gasteiger partial charge in [0.1, 0.15) is 5.82 Å². The molecule has 1 N–H and O–H groups in total. The summed E-state index contributed by atoms with van der Waals surface area (Å²) in [5, 5.41) is 11.0. The lowest BCUT2D eigenvalue weighted by Gasteiger charge is -2.22. The van der Waals surface area contributed by atoms with Crippen molar-refractivity contribution in [1.29, 1.82) is 0 Å². The summed E-state index contributed by atoms with van der Waals surface area (Å²) in [6, 6.07) is 4.55. The van der Waals surface area contributed by atoms with E-state index in [-0.39, 0.29) is 5.69 Å². The molecule has 0 bridgehead atoms. The Balaban J connectivity index is 1.87. The van der Waals surface area contributed by atoms with Gasteiger partial charge in [0.2, 0.25) is 0 Å². The lowest BCUT2D eigenvalue weighted by Crippen LogP contribution is -2.26. The molecule has 0 amide bonds. The van der Waals surface area contributed by atoms with Crippen LogP contribution in [0.4, 0.5) is 5.82 Å². The molecule has 98 valence electrons. The van der Waals surface area contributed by atoms with E-state index in [9.17, 15) is 4.79 Å². The van der Waals surface area contributed by atoms with Crippen molar-refractivity contribution in [1.82, 2.24) is 9.97 Å². The fraction of sp³-hybridized carbons (Fsp3) is 0.308. The van der Waals surface area contributed by atoms with Crippen LogP contribution in [0.5, 0.6) is 0 Å². The van der Waals surface area contributed by atoms with Crippen molar-refractivity contribution in [2.24, 2.45) is 0 Å². The van der Waals surface area contributed by atoms with Crippen LogP contribution in [-0.2, 0) is 6.54 Å². The summed E-state index contributed by atoms with van der Waals surface area (Å²) in [7, 11) is 0. The number of aromatic carboxylic acids is 1. The summed E-state index contributed by atoms with van der Waals surface area (Å²) < 4.78 is 0. The van der Waals surface area contributed by atoms with Gasteiger partial charge in [0.05, 0.1) is 18.9 Å². The molecule has 0 aromatic carbocycles. The standard InChI is InChI=1S/C13H13N3O2S/c17-13(18)11-6-14-7-12(15-11)16(9-3-4-9)8-10-2-1-5-19-10/h1-2,5-7,9H,3-4,8H2,(H,17,18). The molecule has 19 heavy (non-hydrogen) atoms. The van der Waals surface area contributed by atoms with Gasteiger partial charge in [-0.3, -0.25) is 4.98 Å². The second-order valence-electron chi connectivity index (χ2n) is 4.51. The average Bonchev–Trinajstić information content (AvgIpc) is 3.13. The molecule has 0 unspecified atom stereocenters. The summed E-state index contributed by atoms with van der Waals surface area (Å²) in [6.07, 6.45) is 5.18. The molecular weight excluding hydrogens is 262 g/mol. The summed E-state index contributed by atoms with van der Waals surface area (Å²) in [4.78, 5) is 22.5. The molecule has 0 aliphatic heterocycles. The highest BCUT2D eigenvalue weighted by molar-refractivity contribution is 7.09. The average molecular weight is 275 g/mol. The Morgan fingerprint density at radius 3 is 2.95 bits per heavy atom. The predicted octanol–water partition coefficient (Wildman–Crippen LogP) is 2.41. The topological polar surface area (TPSA) is 66.3 Å². The Kier molecular flexibility index (Phi) is 3.16. The molecule has 5 nitrogen and oxygen atoms in total. The van der Waals surface area contributed by atoms with Crippen LogP contribution in [0.2, 0.25) is 0 Å². The number of carbonyl (C=O) groups is 1. The van der Waals surface area contributed by atoms with E-state index in [1.54, 1.807) is 17.5 Å². The van der Waals surface area contributed by atoms with Crippen molar-refractivity contribution in [2.45, 2.75) is 25.4 Å². The SMILES string of the molecule is O=C(O)c1cncc(N(Cc2cccs2)C2CC2)n1. The largest absolute Gasteiger partial charge is 0.476 e. The lowest BCUT2D eigenvalue weighted by atomic mass is 10.3. The minimum atomic E-state index is -1.04. The van der Waals surface area contributed by atoms with Gasteiger partial charge in [0, 0.05) is 10.9 Å². The van der Waals surface area contributed by atoms with Gasteiger partial charge in [-0.15, -0.1) is 11.3 Å². The molecule has 2 aromatic heterocycles. The molecule has 0 spiro atoms. The van der Waals surface area contributed by atoms with Crippen LogP contribution in [0.1, 0.15) is 28.2 Å². The van der Waals surface area contributed by atoms with Gasteiger partial charge in [-0.25, -0.2) is 9.78 Å². The first-order valence-corrected chi connectivity index (χ1v) is 6.96. The second kappa shape index (κ2) is 4.97. The molecule has 0 atom stereocenters. The number of carboxylic acids is 1. The number of aromatic nitrogens is 2. The second-order valence-corrected chi connectivity index (χ2v) is 5.54. The Hall–Kier alpha value is -1.95.